The number of nitrogens with one attached hydrogen (secondary N) is 1. The molecule has 1 heterocycles. The zero-order valence-electron chi connectivity index (χ0n) is 12.4. The summed E-state index contributed by atoms with van der Waals surface area (Å²) in [6.45, 7) is 5.60. The third kappa shape index (κ3) is 3.04. The van der Waals surface area contributed by atoms with Gasteiger partial charge in [0, 0.05) is 24.0 Å². The molecule has 0 aliphatic heterocycles. The monoisotopic (exact) mass is 297 g/mol. The highest BCUT2D eigenvalue weighted by Gasteiger charge is 2.33. The van der Waals surface area contributed by atoms with E-state index in [1.165, 1.54) is 12.1 Å². The Kier molecular flexibility index (Phi) is 3.98. The van der Waals surface area contributed by atoms with E-state index in [0.717, 1.165) is 23.0 Å². The van der Waals surface area contributed by atoms with Gasteiger partial charge in [0.05, 0.1) is 17.3 Å². The average molecular weight is 297 g/mol. The van der Waals surface area contributed by atoms with Crippen LogP contribution in [0.1, 0.15) is 35.5 Å². The van der Waals surface area contributed by atoms with Crippen LogP contribution in [0.15, 0.2) is 24.3 Å². The Labute approximate surface area is 121 Å². The molecule has 0 saturated heterocycles. The fraction of sp³-hybridized carbons (Fsp3) is 0.400. The van der Waals surface area contributed by atoms with Crippen molar-refractivity contribution in [3.8, 4) is 0 Å². The summed E-state index contributed by atoms with van der Waals surface area (Å²) in [5.74, 6) is 0. The minimum Gasteiger partial charge on any atom is -0.378 e. The molecule has 1 aromatic heterocycles. The predicted octanol–water partition coefficient (Wildman–Crippen LogP) is 4.23. The van der Waals surface area contributed by atoms with Crippen LogP contribution < -0.4 is 5.32 Å². The van der Waals surface area contributed by atoms with Crippen molar-refractivity contribution in [3.63, 3.8) is 0 Å². The Morgan fingerprint density at radius 2 is 1.81 bits per heavy atom. The van der Waals surface area contributed by atoms with Crippen molar-refractivity contribution in [2.24, 2.45) is 7.05 Å². The first-order valence-corrected chi connectivity index (χ1v) is 6.64. The van der Waals surface area contributed by atoms with Gasteiger partial charge in [-0.2, -0.15) is 18.3 Å². The Morgan fingerprint density at radius 3 is 2.33 bits per heavy atom. The number of para-hydroxylation sites is 1. The van der Waals surface area contributed by atoms with Crippen LogP contribution in [0.3, 0.4) is 0 Å². The molecule has 1 atom stereocenters. The van der Waals surface area contributed by atoms with Gasteiger partial charge in [0.1, 0.15) is 0 Å². The number of aromatic nitrogens is 2. The standard InChI is InChI=1S/C15H18F3N3/c1-9(14-10(2)20-21(4)11(14)3)19-13-8-6-5-7-12(13)15(16,17)18/h5-9,19H,1-4H3. The first kappa shape index (κ1) is 15.4. The normalized spacial score (nSPS) is 13.3. The number of hydrogen-bond donors (Lipinski definition) is 1. The number of anilines is 1. The molecule has 1 aromatic carbocycles. The molecule has 0 bridgehead atoms. The smallest absolute Gasteiger partial charge is 0.378 e. The summed E-state index contributed by atoms with van der Waals surface area (Å²) in [5, 5.41) is 7.25. The zero-order valence-corrected chi connectivity index (χ0v) is 12.4. The molecule has 0 aliphatic carbocycles. The summed E-state index contributed by atoms with van der Waals surface area (Å²) in [6.07, 6.45) is -4.37. The zero-order chi connectivity index (χ0) is 15.8. The molecule has 0 radical (unpaired) electrons. The van der Waals surface area contributed by atoms with Crippen LogP contribution in [-0.4, -0.2) is 9.78 Å². The molecule has 0 spiro atoms. The van der Waals surface area contributed by atoms with E-state index in [1.807, 2.05) is 27.8 Å². The Bertz CT molecular complexity index is 644. The van der Waals surface area contributed by atoms with Gasteiger partial charge in [0.2, 0.25) is 0 Å². The van der Waals surface area contributed by atoms with Gasteiger partial charge < -0.3 is 5.32 Å². The molecule has 0 aliphatic rings. The lowest BCUT2D eigenvalue weighted by Crippen LogP contribution is -2.14. The van der Waals surface area contributed by atoms with E-state index in [9.17, 15) is 13.2 Å². The van der Waals surface area contributed by atoms with Crippen LogP contribution in [0.5, 0.6) is 0 Å². The topological polar surface area (TPSA) is 29.9 Å². The summed E-state index contributed by atoms with van der Waals surface area (Å²) in [7, 11) is 1.82. The fourth-order valence-corrected chi connectivity index (χ4v) is 2.58. The molecule has 2 aromatic rings. The van der Waals surface area contributed by atoms with E-state index in [4.69, 9.17) is 0 Å². The SMILES string of the molecule is Cc1nn(C)c(C)c1C(C)Nc1ccccc1C(F)(F)F. The summed E-state index contributed by atoms with van der Waals surface area (Å²) in [6, 6.07) is 5.24. The lowest BCUT2D eigenvalue weighted by atomic mass is 10.0. The van der Waals surface area contributed by atoms with Crippen molar-refractivity contribution < 1.29 is 13.2 Å². The Balaban J connectivity index is 2.35. The number of aryl methyl sites for hydroxylation is 2. The van der Waals surface area contributed by atoms with Crippen molar-refractivity contribution in [1.82, 2.24) is 9.78 Å². The van der Waals surface area contributed by atoms with Crippen LogP contribution in [0.4, 0.5) is 18.9 Å². The maximum atomic E-state index is 13.0. The van der Waals surface area contributed by atoms with Crippen LogP contribution in [0.2, 0.25) is 0 Å². The van der Waals surface area contributed by atoms with E-state index in [0.29, 0.717) is 0 Å². The molecule has 3 nitrogen and oxygen atoms in total. The van der Waals surface area contributed by atoms with Gasteiger partial charge in [-0.1, -0.05) is 12.1 Å². The van der Waals surface area contributed by atoms with Crippen molar-refractivity contribution in [3.05, 3.63) is 46.8 Å². The first-order valence-electron chi connectivity index (χ1n) is 6.64. The number of rotatable bonds is 3. The van der Waals surface area contributed by atoms with E-state index < -0.39 is 11.7 Å². The fourth-order valence-electron chi connectivity index (χ4n) is 2.58. The first-order chi connectivity index (χ1) is 9.71. The summed E-state index contributed by atoms with van der Waals surface area (Å²) in [5.41, 5.74) is 2.11. The van der Waals surface area contributed by atoms with Crippen molar-refractivity contribution >= 4 is 5.69 Å². The van der Waals surface area contributed by atoms with Gasteiger partial charge in [-0.15, -0.1) is 0 Å². The average Bonchev–Trinajstić information content (AvgIpc) is 2.62. The van der Waals surface area contributed by atoms with E-state index >= 15 is 0 Å². The summed E-state index contributed by atoms with van der Waals surface area (Å²) in [4.78, 5) is 0. The quantitative estimate of drug-likeness (QED) is 0.919. The molecule has 0 saturated carbocycles. The maximum absolute atomic E-state index is 13.0. The predicted molar refractivity (Wildman–Crippen MR) is 76.2 cm³/mol. The minimum absolute atomic E-state index is 0.0835. The number of benzene rings is 1. The van der Waals surface area contributed by atoms with Gasteiger partial charge in [0.25, 0.3) is 0 Å². The highest BCUT2D eigenvalue weighted by molar-refractivity contribution is 5.54. The largest absolute Gasteiger partial charge is 0.418 e. The Hall–Kier alpha value is -1.98. The molecular weight excluding hydrogens is 279 g/mol. The van der Waals surface area contributed by atoms with E-state index in [-0.39, 0.29) is 11.7 Å². The third-order valence-electron chi connectivity index (χ3n) is 3.60. The molecule has 2 rings (SSSR count). The number of alkyl halides is 3. The van der Waals surface area contributed by atoms with Crippen molar-refractivity contribution in [1.29, 1.82) is 0 Å². The molecule has 0 fully saturated rings. The van der Waals surface area contributed by atoms with Gasteiger partial charge in [-0.3, -0.25) is 4.68 Å². The van der Waals surface area contributed by atoms with Crippen molar-refractivity contribution in [2.75, 3.05) is 5.32 Å². The highest BCUT2D eigenvalue weighted by atomic mass is 19.4. The van der Waals surface area contributed by atoms with Gasteiger partial charge >= 0.3 is 6.18 Å². The third-order valence-corrected chi connectivity index (χ3v) is 3.60. The van der Waals surface area contributed by atoms with Crippen LogP contribution in [0, 0.1) is 13.8 Å². The highest BCUT2D eigenvalue weighted by Crippen LogP contribution is 2.36. The second kappa shape index (κ2) is 5.42. The van der Waals surface area contributed by atoms with E-state index in [1.54, 1.807) is 10.7 Å². The number of halogens is 3. The van der Waals surface area contributed by atoms with Crippen molar-refractivity contribution in [2.45, 2.75) is 33.0 Å². The van der Waals surface area contributed by atoms with Crippen LogP contribution in [-0.2, 0) is 13.2 Å². The van der Waals surface area contributed by atoms with E-state index in [2.05, 4.69) is 10.4 Å². The molecule has 1 N–H and O–H groups in total. The summed E-state index contributed by atoms with van der Waals surface area (Å²) < 4.78 is 40.8. The molecule has 1 unspecified atom stereocenters. The molecular formula is C15H18F3N3. The number of hydrogen-bond acceptors (Lipinski definition) is 2. The Morgan fingerprint density at radius 1 is 1.19 bits per heavy atom. The van der Waals surface area contributed by atoms with Crippen LogP contribution in [0.25, 0.3) is 0 Å². The molecule has 0 amide bonds. The number of nitrogens with zero attached hydrogens (tertiary/aromatic N) is 2. The molecule has 6 heteroatoms. The lowest BCUT2D eigenvalue weighted by Gasteiger charge is -2.20. The second-order valence-electron chi connectivity index (χ2n) is 5.12. The molecule has 21 heavy (non-hydrogen) atoms. The van der Waals surface area contributed by atoms with Gasteiger partial charge in [-0.05, 0) is 32.9 Å². The van der Waals surface area contributed by atoms with Gasteiger partial charge in [-0.25, -0.2) is 0 Å². The van der Waals surface area contributed by atoms with Crippen LogP contribution >= 0.6 is 0 Å². The minimum atomic E-state index is -4.37. The lowest BCUT2D eigenvalue weighted by molar-refractivity contribution is -0.137. The maximum Gasteiger partial charge on any atom is 0.418 e. The second-order valence-corrected chi connectivity index (χ2v) is 5.12. The van der Waals surface area contributed by atoms with Gasteiger partial charge in [0.15, 0.2) is 0 Å². The molecule has 114 valence electrons. The summed E-state index contributed by atoms with van der Waals surface area (Å²) >= 11 is 0.